The summed E-state index contributed by atoms with van der Waals surface area (Å²) in [4.78, 5) is 31.0. The van der Waals surface area contributed by atoms with E-state index >= 15 is 0 Å². The van der Waals surface area contributed by atoms with Crippen molar-refractivity contribution < 1.29 is 18.0 Å². The molecule has 32 heavy (non-hydrogen) atoms. The molecule has 1 aliphatic heterocycles. The number of carbonyl (C=O) groups is 1. The molecule has 0 aromatic carbocycles. The molecule has 1 atom stereocenters. The van der Waals surface area contributed by atoms with Gasteiger partial charge in [0, 0.05) is 24.1 Å². The Morgan fingerprint density at radius 1 is 1.19 bits per heavy atom. The number of alkyl halides is 3. The molecule has 1 amide bonds. The SMILES string of the molecule is Cc1ccc(C(=O)N2CCCC(=Nc3nccc(C(F)(F)F)n3)[C@@H]2C)c(-n2ccnn2)n1. The number of carbonyl (C=O) groups excluding carboxylic acids is 1. The number of aliphatic imine (C=N–C) groups is 1. The maximum absolute atomic E-state index is 13.4. The number of aromatic nitrogens is 6. The van der Waals surface area contributed by atoms with Crippen molar-refractivity contribution in [1.29, 1.82) is 0 Å². The molecular formula is C20H19F3N8O. The summed E-state index contributed by atoms with van der Waals surface area (Å²) in [6, 6.07) is 3.74. The van der Waals surface area contributed by atoms with Crippen LogP contribution in [-0.4, -0.2) is 59.1 Å². The van der Waals surface area contributed by atoms with Gasteiger partial charge in [0.15, 0.2) is 5.82 Å². The molecule has 4 rings (SSSR count). The van der Waals surface area contributed by atoms with Gasteiger partial charge in [-0.1, -0.05) is 5.21 Å². The summed E-state index contributed by atoms with van der Waals surface area (Å²) >= 11 is 0. The summed E-state index contributed by atoms with van der Waals surface area (Å²) in [6.45, 7) is 4.05. The van der Waals surface area contributed by atoms with Gasteiger partial charge in [-0.2, -0.15) is 13.2 Å². The van der Waals surface area contributed by atoms with E-state index in [-0.39, 0.29) is 11.9 Å². The maximum atomic E-state index is 13.4. The van der Waals surface area contributed by atoms with Crippen molar-refractivity contribution in [2.75, 3.05) is 6.54 Å². The average molecular weight is 444 g/mol. The van der Waals surface area contributed by atoms with E-state index in [1.165, 1.54) is 10.9 Å². The predicted octanol–water partition coefficient (Wildman–Crippen LogP) is 3.18. The normalized spacial score (nSPS) is 18.2. The third-order valence-corrected chi connectivity index (χ3v) is 5.10. The number of hydrogen-bond donors (Lipinski definition) is 0. The van der Waals surface area contributed by atoms with Crippen molar-refractivity contribution >= 4 is 17.6 Å². The molecule has 0 spiro atoms. The standard InChI is InChI=1S/C20H19F3N8O/c1-12-5-6-14(17(26-12)31-11-9-25-29-31)18(32)30-10-3-4-15(13(30)2)27-19-24-8-7-16(28-19)20(21,22)23/h5-9,11,13H,3-4,10H2,1-2H3/t13-/m0/s1. The predicted molar refractivity (Wildman–Crippen MR) is 108 cm³/mol. The van der Waals surface area contributed by atoms with Crippen molar-refractivity contribution in [3.8, 4) is 5.82 Å². The topological polar surface area (TPSA) is 102 Å². The molecule has 166 valence electrons. The van der Waals surface area contributed by atoms with Gasteiger partial charge >= 0.3 is 6.18 Å². The Labute approximate surface area is 181 Å². The zero-order valence-corrected chi connectivity index (χ0v) is 17.3. The lowest BCUT2D eigenvalue weighted by molar-refractivity contribution is -0.141. The summed E-state index contributed by atoms with van der Waals surface area (Å²) in [5.74, 6) is -0.214. The molecule has 0 unspecified atom stereocenters. The number of likely N-dealkylation sites (tertiary alicyclic amines) is 1. The van der Waals surface area contributed by atoms with Gasteiger partial charge in [0.05, 0.1) is 24.0 Å². The van der Waals surface area contributed by atoms with E-state index in [1.807, 2.05) is 0 Å². The number of halogens is 3. The van der Waals surface area contributed by atoms with E-state index in [9.17, 15) is 18.0 Å². The van der Waals surface area contributed by atoms with Gasteiger partial charge in [0.2, 0.25) is 5.95 Å². The highest BCUT2D eigenvalue weighted by molar-refractivity contribution is 6.02. The molecule has 1 saturated heterocycles. The Bertz CT molecular complexity index is 1160. The summed E-state index contributed by atoms with van der Waals surface area (Å²) in [6.07, 6.45) is 0.637. The van der Waals surface area contributed by atoms with Gasteiger partial charge < -0.3 is 4.90 Å². The molecule has 3 aromatic rings. The van der Waals surface area contributed by atoms with E-state index in [4.69, 9.17) is 0 Å². The Kier molecular flexibility index (Phi) is 5.68. The minimum Gasteiger partial charge on any atom is -0.331 e. The first kappa shape index (κ1) is 21.5. The van der Waals surface area contributed by atoms with Crippen molar-refractivity contribution in [3.05, 3.63) is 53.7 Å². The first-order chi connectivity index (χ1) is 15.2. The van der Waals surface area contributed by atoms with Crippen LogP contribution in [-0.2, 0) is 6.18 Å². The van der Waals surface area contributed by atoms with Crippen molar-refractivity contribution in [2.24, 2.45) is 4.99 Å². The van der Waals surface area contributed by atoms with Gasteiger partial charge in [-0.15, -0.1) is 5.10 Å². The third-order valence-electron chi connectivity index (χ3n) is 5.10. The van der Waals surface area contributed by atoms with Gasteiger partial charge in [-0.25, -0.2) is 24.6 Å². The van der Waals surface area contributed by atoms with Crippen LogP contribution in [0.5, 0.6) is 0 Å². The second kappa shape index (κ2) is 8.44. The Balaban J connectivity index is 1.64. The third kappa shape index (κ3) is 4.34. The van der Waals surface area contributed by atoms with E-state index < -0.39 is 17.9 Å². The molecule has 1 aliphatic rings. The van der Waals surface area contributed by atoms with E-state index in [1.54, 1.807) is 37.1 Å². The molecule has 4 heterocycles. The molecule has 3 aromatic heterocycles. The monoisotopic (exact) mass is 444 g/mol. The second-order valence-corrected chi connectivity index (χ2v) is 7.29. The Morgan fingerprint density at radius 3 is 2.72 bits per heavy atom. The van der Waals surface area contributed by atoms with Crippen LogP contribution in [0.4, 0.5) is 19.1 Å². The smallest absolute Gasteiger partial charge is 0.331 e. The van der Waals surface area contributed by atoms with Crippen LogP contribution in [0.2, 0.25) is 0 Å². The van der Waals surface area contributed by atoms with E-state index in [0.717, 1.165) is 12.3 Å². The zero-order chi connectivity index (χ0) is 22.9. The minimum atomic E-state index is -4.59. The van der Waals surface area contributed by atoms with Gasteiger partial charge in [-0.3, -0.25) is 4.79 Å². The van der Waals surface area contributed by atoms with Crippen molar-refractivity contribution in [2.45, 2.75) is 38.9 Å². The molecule has 0 saturated carbocycles. The number of pyridine rings is 1. The fraction of sp³-hybridized carbons (Fsp3) is 0.350. The summed E-state index contributed by atoms with van der Waals surface area (Å²) < 4.78 is 40.3. The lowest BCUT2D eigenvalue weighted by Gasteiger charge is -2.34. The number of rotatable bonds is 3. The van der Waals surface area contributed by atoms with Crippen LogP contribution in [0.15, 0.2) is 41.8 Å². The quantitative estimate of drug-likeness (QED) is 0.615. The Morgan fingerprint density at radius 2 is 2.00 bits per heavy atom. The zero-order valence-electron chi connectivity index (χ0n) is 17.3. The van der Waals surface area contributed by atoms with Crippen molar-refractivity contribution in [1.82, 2.24) is 34.8 Å². The molecule has 1 fully saturated rings. The lowest BCUT2D eigenvalue weighted by Crippen LogP contribution is -2.47. The highest BCUT2D eigenvalue weighted by Gasteiger charge is 2.34. The number of piperidine rings is 1. The molecule has 0 N–H and O–H groups in total. The Hall–Kier alpha value is -3.70. The van der Waals surface area contributed by atoms with Crippen LogP contribution < -0.4 is 0 Å². The number of hydrogen-bond acceptors (Lipinski definition) is 7. The van der Waals surface area contributed by atoms with Gasteiger partial charge in [0.1, 0.15) is 5.69 Å². The maximum Gasteiger partial charge on any atom is 0.433 e. The van der Waals surface area contributed by atoms with Crippen LogP contribution in [0.1, 0.15) is 41.5 Å². The minimum absolute atomic E-state index is 0.281. The summed E-state index contributed by atoms with van der Waals surface area (Å²) in [7, 11) is 0. The lowest BCUT2D eigenvalue weighted by atomic mass is 9.99. The number of aryl methyl sites for hydroxylation is 1. The van der Waals surface area contributed by atoms with Crippen LogP contribution >= 0.6 is 0 Å². The molecule has 9 nitrogen and oxygen atoms in total. The molecular weight excluding hydrogens is 425 g/mol. The number of nitrogens with zero attached hydrogens (tertiary/aromatic N) is 8. The molecule has 12 heteroatoms. The van der Waals surface area contributed by atoms with Gasteiger partial charge in [0.25, 0.3) is 5.91 Å². The van der Waals surface area contributed by atoms with E-state index in [0.29, 0.717) is 42.2 Å². The molecule has 0 aliphatic carbocycles. The highest BCUT2D eigenvalue weighted by atomic mass is 19.4. The molecule has 0 radical (unpaired) electrons. The second-order valence-electron chi connectivity index (χ2n) is 7.29. The average Bonchev–Trinajstić information content (AvgIpc) is 3.29. The fourth-order valence-corrected chi connectivity index (χ4v) is 3.49. The van der Waals surface area contributed by atoms with E-state index in [2.05, 4.69) is 30.3 Å². The fourth-order valence-electron chi connectivity index (χ4n) is 3.49. The first-order valence-corrected chi connectivity index (χ1v) is 9.87. The molecule has 0 bridgehead atoms. The summed E-state index contributed by atoms with van der Waals surface area (Å²) in [5.41, 5.74) is 0.518. The first-order valence-electron chi connectivity index (χ1n) is 9.87. The largest absolute Gasteiger partial charge is 0.433 e. The van der Waals surface area contributed by atoms with Gasteiger partial charge in [-0.05, 0) is 44.9 Å². The van der Waals surface area contributed by atoms with Crippen LogP contribution in [0, 0.1) is 6.92 Å². The van der Waals surface area contributed by atoms with Crippen LogP contribution in [0.25, 0.3) is 5.82 Å². The van der Waals surface area contributed by atoms with Crippen molar-refractivity contribution in [3.63, 3.8) is 0 Å². The number of amides is 1. The highest BCUT2D eigenvalue weighted by Crippen LogP contribution is 2.28. The van der Waals surface area contributed by atoms with Crippen LogP contribution in [0.3, 0.4) is 0 Å². The summed E-state index contributed by atoms with van der Waals surface area (Å²) in [5, 5.41) is 7.71.